The number of rotatable bonds is 1. The largest absolute Gasteiger partial charge is 0.119 e. The standard InChI is InChI=1S/C8H7/c1-3-5-7-8-6-4-2/h1,4-5H,2,6H2. The molecule has 0 heteroatoms. The van der Waals surface area contributed by atoms with Gasteiger partial charge in [0, 0.05) is 6.42 Å². The zero-order valence-corrected chi connectivity index (χ0v) is 4.65. The van der Waals surface area contributed by atoms with E-state index in [-0.39, 0.29) is 0 Å². The summed E-state index contributed by atoms with van der Waals surface area (Å²) >= 11 is 0. The summed E-state index contributed by atoms with van der Waals surface area (Å²) in [5.41, 5.74) is 0. The Kier molecular flexibility index (Phi) is 5.02. The zero-order chi connectivity index (χ0) is 6.24. The van der Waals surface area contributed by atoms with Crippen LogP contribution in [-0.4, -0.2) is 0 Å². The molecule has 0 aliphatic carbocycles. The summed E-state index contributed by atoms with van der Waals surface area (Å²) in [6.45, 7) is 3.49. The quantitative estimate of drug-likeness (QED) is 0.347. The first kappa shape index (κ1) is 6.86. The van der Waals surface area contributed by atoms with Crippen molar-refractivity contribution in [1.82, 2.24) is 0 Å². The van der Waals surface area contributed by atoms with Crippen molar-refractivity contribution in [2.24, 2.45) is 0 Å². The van der Waals surface area contributed by atoms with E-state index in [4.69, 9.17) is 6.42 Å². The van der Waals surface area contributed by atoms with Crippen LogP contribution in [0.15, 0.2) is 12.7 Å². The highest BCUT2D eigenvalue weighted by molar-refractivity contribution is 5.23. The van der Waals surface area contributed by atoms with Gasteiger partial charge in [0.05, 0.1) is 0 Å². The summed E-state index contributed by atoms with van der Waals surface area (Å²) in [5.74, 6) is 7.72. The van der Waals surface area contributed by atoms with Crippen molar-refractivity contribution in [2.45, 2.75) is 6.42 Å². The summed E-state index contributed by atoms with van der Waals surface area (Å²) in [4.78, 5) is 0. The van der Waals surface area contributed by atoms with Crippen LogP contribution >= 0.6 is 0 Å². The van der Waals surface area contributed by atoms with Crippen molar-refractivity contribution in [3.8, 4) is 24.2 Å². The van der Waals surface area contributed by atoms with Crippen LogP contribution < -0.4 is 0 Å². The molecule has 0 N–H and O–H groups in total. The maximum absolute atomic E-state index is 4.88. The van der Waals surface area contributed by atoms with Crippen LogP contribution in [0.25, 0.3) is 0 Å². The lowest BCUT2D eigenvalue weighted by molar-refractivity contribution is 1.49. The lowest BCUT2D eigenvalue weighted by atomic mass is 10.4. The van der Waals surface area contributed by atoms with Gasteiger partial charge in [0.1, 0.15) is 6.42 Å². The van der Waals surface area contributed by atoms with Crippen LogP contribution in [0.5, 0.6) is 0 Å². The van der Waals surface area contributed by atoms with Crippen LogP contribution in [0, 0.1) is 30.6 Å². The molecule has 0 aliphatic rings. The van der Waals surface area contributed by atoms with Crippen LogP contribution in [0.4, 0.5) is 0 Å². The Morgan fingerprint density at radius 1 is 1.62 bits per heavy atom. The van der Waals surface area contributed by atoms with Crippen molar-refractivity contribution in [2.75, 3.05) is 0 Å². The predicted molar refractivity (Wildman–Crippen MR) is 35.7 cm³/mol. The van der Waals surface area contributed by atoms with E-state index in [9.17, 15) is 0 Å². The number of terminal acetylenes is 1. The van der Waals surface area contributed by atoms with Crippen LogP contribution in [-0.2, 0) is 0 Å². The fourth-order valence-corrected chi connectivity index (χ4v) is 0.224. The predicted octanol–water partition coefficient (Wildman–Crippen LogP) is 1.40. The lowest BCUT2D eigenvalue weighted by Gasteiger charge is -1.68. The van der Waals surface area contributed by atoms with Gasteiger partial charge in [-0.1, -0.05) is 23.8 Å². The van der Waals surface area contributed by atoms with E-state index in [0.717, 1.165) is 0 Å². The summed E-state index contributed by atoms with van der Waals surface area (Å²) in [6.07, 6.45) is 8.79. The average Bonchev–Trinajstić information content (AvgIpc) is 1.81. The average molecular weight is 103 g/mol. The molecule has 0 aliphatic heterocycles. The molecule has 0 nitrogen and oxygen atoms in total. The third-order valence-electron chi connectivity index (χ3n) is 0.504. The molecule has 0 saturated heterocycles. The molecule has 0 heterocycles. The molecule has 0 spiro atoms. The first-order chi connectivity index (χ1) is 3.91. The van der Waals surface area contributed by atoms with Crippen molar-refractivity contribution in [3.05, 3.63) is 19.1 Å². The van der Waals surface area contributed by atoms with Crippen LogP contribution in [0.1, 0.15) is 6.42 Å². The van der Waals surface area contributed by atoms with E-state index < -0.39 is 0 Å². The van der Waals surface area contributed by atoms with Crippen molar-refractivity contribution in [1.29, 1.82) is 0 Å². The monoisotopic (exact) mass is 103 g/mol. The van der Waals surface area contributed by atoms with Crippen molar-refractivity contribution in [3.63, 3.8) is 0 Å². The zero-order valence-electron chi connectivity index (χ0n) is 4.65. The molecule has 0 aromatic rings. The molecular formula is C8H7. The smallest absolute Gasteiger partial charge is 0.106 e. The Morgan fingerprint density at radius 2 is 2.38 bits per heavy atom. The van der Waals surface area contributed by atoms with E-state index in [1.807, 2.05) is 0 Å². The SMILES string of the molecule is C#C[CH]C#CCC=C. The van der Waals surface area contributed by atoms with E-state index in [1.165, 1.54) is 6.42 Å². The Morgan fingerprint density at radius 3 is 2.88 bits per heavy atom. The molecule has 1 radical (unpaired) electrons. The topological polar surface area (TPSA) is 0 Å². The second kappa shape index (κ2) is 5.86. The minimum atomic E-state index is 0.707. The molecule has 0 rings (SSSR count). The highest BCUT2D eigenvalue weighted by Gasteiger charge is 1.63. The molecule has 0 aromatic heterocycles. The van der Waals surface area contributed by atoms with E-state index >= 15 is 0 Å². The van der Waals surface area contributed by atoms with E-state index in [2.05, 4.69) is 24.3 Å². The normalized spacial score (nSPS) is 5.88. The number of hydrogen-bond acceptors (Lipinski definition) is 0. The third-order valence-corrected chi connectivity index (χ3v) is 0.504. The molecule has 0 amide bonds. The lowest BCUT2D eigenvalue weighted by Crippen LogP contribution is -1.59. The highest BCUT2D eigenvalue weighted by Crippen LogP contribution is 1.73. The van der Waals surface area contributed by atoms with Gasteiger partial charge in [0.25, 0.3) is 0 Å². The van der Waals surface area contributed by atoms with Crippen molar-refractivity contribution < 1.29 is 0 Å². The first-order valence-electron chi connectivity index (χ1n) is 2.29. The van der Waals surface area contributed by atoms with Crippen LogP contribution in [0.2, 0.25) is 0 Å². The van der Waals surface area contributed by atoms with Gasteiger partial charge in [-0.15, -0.1) is 13.0 Å². The van der Waals surface area contributed by atoms with E-state index in [1.54, 1.807) is 6.08 Å². The third kappa shape index (κ3) is 4.86. The first-order valence-corrected chi connectivity index (χ1v) is 2.29. The molecule has 8 heavy (non-hydrogen) atoms. The second-order valence-corrected chi connectivity index (χ2v) is 1.12. The molecule has 0 unspecified atom stereocenters. The summed E-state index contributed by atoms with van der Waals surface area (Å²) in [7, 11) is 0. The molecule has 39 valence electrons. The maximum Gasteiger partial charge on any atom is 0.106 e. The Balaban J connectivity index is 3.24. The minimum Gasteiger partial charge on any atom is -0.119 e. The molecule has 0 saturated carbocycles. The highest BCUT2D eigenvalue weighted by atomic mass is 13.7. The van der Waals surface area contributed by atoms with Gasteiger partial charge in [-0.25, -0.2) is 0 Å². The van der Waals surface area contributed by atoms with Gasteiger partial charge in [0.2, 0.25) is 0 Å². The molecule has 0 atom stereocenters. The van der Waals surface area contributed by atoms with Gasteiger partial charge < -0.3 is 0 Å². The van der Waals surface area contributed by atoms with Gasteiger partial charge in [-0.05, 0) is 0 Å². The Hall–Kier alpha value is -1.14. The van der Waals surface area contributed by atoms with Gasteiger partial charge in [0.15, 0.2) is 0 Å². The second-order valence-electron chi connectivity index (χ2n) is 1.12. The van der Waals surface area contributed by atoms with Gasteiger partial charge >= 0.3 is 0 Å². The minimum absolute atomic E-state index is 0.707. The molecule has 0 bridgehead atoms. The van der Waals surface area contributed by atoms with Crippen LogP contribution in [0.3, 0.4) is 0 Å². The fraction of sp³-hybridized carbons (Fsp3) is 0.125. The summed E-state index contributed by atoms with van der Waals surface area (Å²) < 4.78 is 0. The molecular weight excluding hydrogens is 96.1 g/mol. The van der Waals surface area contributed by atoms with Crippen molar-refractivity contribution >= 4 is 0 Å². The molecule has 0 aromatic carbocycles. The molecule has 0 fully saturated rings. The van der Waals surface area contributed by atoms with Gasteiger partial charge in [-0.3, -0.25) is 0 Å². The maximum atomic E-state index is 4.88. The Labute approximate surface area is 50.6 Å². The number of allylic oxidation sites excluding steroid dienone is 1. The number of hydrogen-bond donors (Lipinski definition) is 0. The summed E-state index contributed by atoms with van der Waals surface area (Å²) in [5, 5.41) is 0. The summed E-state index contributed by atoms with van der Waals surface area (Å²) in [6, 6.07) is 0. The van der Waals surface area contributed by atoms with Gasteiger partial charge in [-0.2, -0.15) is 0 Å². The Bertz CT molecular complexity index is 147. The fourth-order valence-electron chi connectivity index (χ4n) is 0.224. The van der Waals surface area contributed by atoms with E-state index in [0.29, 0.717) is 6.42 Å².